The molecule has 0 saturated carbocycles. The van der Waals surface area contributed by atoms with Crippen LogP contribution in [0.5, 0.6) is 0 Å². The first-order valence-corrected chi connectivity index (χ1v) is 8.16. The average molecular weight is 296 g/mol. The molecule has 2 rings (SSSR count). The van der Waals surface area contributed by atoms with E-state index >= 15 is 0 Å². The molecular weight excluding hydrogens is 276 g/mol. The van der Waals surface area contributed by atoms with Crippen molar-refractivity contribution in [3.63, 3.8) is 0 Å². The van der Waals surface area contributed by atoms with Crippen molar-refractivity contribution in [3.8, 4) is 0 Å². The molecule has 6 heteroatoms. The molecule has 1 aromatic carbocycles. The monoisotopic (exact) mass is 296 g/mol. The van der Waals surface area contributed by atoms with Gasteiger partial charge in [-0.15, -0.1) is 0 Å². The minimum atomic E-state index is -3.51. The van der Waals surface area contributed by atoms with Gasteiger partial charge < -0.3 is 9.69 Å². The smallest absolute Gasteiger partial charge is 0.244 e. The van der Waals surface area contributed by atoms with Crippen molar-refractivity contribution in [3.05, 3.63) is 24.3 Å². The largest absolute Gasteiger partial charge is 0.361 e. The van der Waals surface area contributed by atoms with Crippen LogP contribution in [0.1, 0.15) is 19.3 Å². The van der Waals surface area contributed by atoms with Gasteiger partial charge in [0.05, 0.1) is 11.7 Å². The second kappa shape index (κ2) is 5.93. The van der Waals surface area contributed by atoms with Gasteiger partial charge in [0.25, 0.3) is 0 Å². The van der Waals surface area contributed by atoms with E-state index in [9.17, 15) is 13.2 Å². The summed E-state index contributed by atoms with van der Waals surface area (Å²) in [6.45, 7) is 0.712. The molecule has 1 aliphatic heterocycles. The Hall–Kier alpha value is -1.40. The summed E-state index contributed by atoms with van der Waals surface area (Å²) in [5, 5.41) is 0. The van der Waals surface area contributed by atoms with Crippen molar-refractivity contribution >= 4 is 22.0 Å². The first-order chi connectivity index (χ1) is 9.48. The number of carbonyl (C=O) groups excluding carboxylic acids is 1. The van der Waals surface area contributed by atoms with Crippen LogP contribution in [0.15, 0.2) is 29.2 Å². The summed E-state index contributed by atoms with van der Waals surface area (Å²) in [7, 11) is -0.486. The van der Waals surface area contributed by atoms with Crippen molar-refractivity contribution in [2.24, 2.45) is 0 Å². The van der Waals surface area contributed by atoms with Gasteiger partial charge in [-0.25, -0.2) is 12.7 Å². The molecular formula is C14H20N2O3S. The Morgan fingerprint density at radius 3 is 2.60 bits per heavy atom. The van der Waals surface area contributed by atoms with Gasteiger partial charge in [0.2, 0.25) is 10.0 Å². The molecule has 5 nitrogen and oxygen atoms in total. The number of nitrogens with zero attached hydrogens (tertiary/aromatic N) is 2. The Kier molecular flexibility index (Phi) is 4.45. The summed E-state index contributed by atoms with van der Waals surface area (Å²) in [5.41, 5.74) is 0.623. The molecule has 1 aliphatic rings. The van der Waals surface area contributed by atoms with Crippen LogP contribution in [-0.2, 0) is 14.8 Å². The number of sulfonamides is 1. The second-order valence-electron chi connectivity index (χ2n) is 5.15. The third-order valence-corrected chi connectivity index (χ3v) is 5.50. The van der Waals surface area contributed by atoms with E-state index in [1.807, 2.05) is 4.90 Å². The molecule has 110 valence electrons. The van der Waals surface area contributed by atoms with E-state index in [1.165, 1.54) is 18.4 Å². The Morgan fingerprint density at radius 2 is 1.95 bits per heavy atom. The lowest BCUT2D eigenvalue weighted by atomic mass is 10.0. The first-order valence-electron chi connectivity index (χ1n) is 6.72. The van der Waals surface area contributed by atoms with Gasteiger partial charge in [-0.1, -0.05) is 12.1 Å². The zero-order valence-corrected chi connectivity index (χ0v) is 12.6. The molecule has 0 aromatic heterocycles. The number of carbonyl (C=O) groups is 1. The Morgan fingerprint density at radius 1 is 1.25 bits per heavy atom. The highest BCUT2D eigenvalue weighted by atomic mass is 32.2. The van der Waals surface area contributed by atoms with E-state index < -0.39 is 10.0 Å². The fraction of sp³-hybridized carbons (Fsp3) is 0.500. The molecule has 0 N–H and O–H groups in total. The number of para-hydroxylation sites is 1. The summed E-state index contributed by atoms with van der Waals surface area (Å²) in [6.07, 6.45) is 3.67. The maximum Gasteiger partial charge on any atom is 0.244 e. The first kappa shape index (κ1) is 15.0. The molecule has 0 bridgehead atoms. The molecule has 20 heavy (non-hydrogen) atoms. The van der Waals surface area contributed by atoms with Crippen molar-refractivity contribution in [1.29, 1.82) is 0 Å². The minimum Gasteiger partial charge on any atom is -0.361 e. The number of benzene rings is 1. The molecule has 1 aromatic rings. The number of aldehydes is 1. The van der Waals surface area contributed by atoms with Crippen molar-refractivity contribution in [2.75, 3.05) is 25.5 Å². The van der Waals surface area contributed by atoms with E-state index in [1.54, 1.807) is 24.3 Å². The fourth-order valence-electron chi connectivity index (χ4n) is 2.51. The van der Waals surface area contributed by atoms with E-state index in [0.717, 1.165) is 25.5 Å². The zero-order valence-electron chi connectivity index (χ0n) is 11.8. The molecule has 1 heterocycles. The van der Waals surface area contributed by atoms with Crippen LogP contribution < -0.4 is 4.90 Å². The van der Waals surface area contributed by atoms with Crippen LogP contribution in [0.2, 0.25) is 0 Å². The molecule has 1 atom stereocenters. The quantitative estimate of drug-likeness (QED) is 0.790. The number of hydrogen-bond donors (Lipinski definition) is 0. The maximum atomic E-state index is 12.4. The summed E-state index contributed by atoms with van der Waals surface area (Å²) in [4.78, 5) is 13.4. The van der Waals surface area contributed by atoms with Crippen molar-refractivity contribution in [1.82, 2.24) is 4.31 Å². The highest BCUT2D eigenvalue weighted by molar-refractivity contribution is 7.89. The zero-order chi connectivity index (χ0) is 14.8. The molecule has 0 aliphatic carbocycles. The van der Waals surface area contributed by atoms with E-state index in [-0.39, 0.29) is 10.9 Å². The van der Waals surface area contributed by atoms with E-state index in [2.05, 4.69) is 0 Å². The standard InChI is InChI=1S/C14H20N2O3S/c1-15(2)20(18,19)14-9-4-3-8-13(14)16-10-6-5-7-12(16)11-17/h3-4,8-9,11-12H,5-7,10H2,1-2H3. The highest BCUT2D eigenvalue weighted by Crippen LogP contribution is 2.31. The lowest BCUT2D eigenvalue weighted by Gasteiger charge is -2.35. The number of rotatable bonds is 4. The van der Waals surface area contributed by atoms with Gasteiger partial charge in [-0.05, 0) is 31.4 Å². The van der Waals surface area contributed by atoms with Gasteiger partial charge in [0, 0.05) is 20.6 Å². The molecule has 0 radical (unpaired) electrons. The van der Waals surface area contributed by atoms with Crippen LogP contribution in [0.4, 0.5) is 5.69 Å². The van der Waals surface area contributed by atoms with Crippen LogP contribution in [-0.4, -0.2) is 45.7 Å². The van der Waals surface area contributed by atoms with Crippen molar-refractivity contribution < 1.29 is 13.2 Å². The van der Waals surface area contributed by atoms with E-state index in [0.29, 0.717) is 12.2 Å². The number of anilines is 1. The van der Waals surface area contributed by atoms with Gasteiger partial charge >= 0.3 is 0 Å². The summed E-state index contributed by atoms with van der Waals surface area (Å²) in [6, 6.07) is 6.65. The minimum absolute atomic E-state index is 0.234. The summed E-state index contributed by atoms with van der Waals surface area (Å²) < 4.78 is 26.0. The molecule has 1 unspecified atom stereocenters. The van der Waals surface area contributed by atoms with E-state index in [4.69, 9.17) is 0 Å². The second-order valence-corrected chi connectivity index (χ2v) is 7.27. The Bertz CT molecular complexity index is 584. The SMILES string of the molecule is CN(C)S(=O)(=O)c1ccccc1N1CCCCC1C=O. The summed E-state index contributed by atoms with van der Waals surface area (Å²) >= 11 is 0. The molecule has 0 spiro atoms. The predicted octanol–water partition coefficient (Wildman–Crippen LogP) is 1.49. The molecule has 1 fully saturated rings. The fourth-order valence-corrected chi connectivity index (χ4v) is 3.60. The Labute approximate surface area is 120 Å². The highest BCUT2D eigenvalue weighted by Gasteiger charge is 2.28. The van der Waals surface area contributed by atoms with Crippen LogP contribution in [0.25, 0.3) is 0 Å². The maximum absolute atomic E-state index is 12.4. The van der Waals surface area contributed by atoms with Crippen LogP contribution in [0, 0.1) is 0 Å². The average Bonchev–Trinajstić information content (AvgIpc) is 2.47. The third-order valence-electron chi connectivity index (χ3n) is 3.64. The molecule has 0 amide bonds. The summed E-state index contributed by atoms with van der Waals surface area (Å²) in [5.74, 6) is 0. The Balaban J connectivity index is 2.50. The third kappa shape index (κ3) is 2.71. The lowest BCUT2D eigenvalue weighted by Crippen LogP contribution is -2.41. The molecule has 1 saturated heterocycles. The van der Waals surface area contributed by atoms with Crippen LogP contribution in [0.3, 0.4) is 0 Å². The number of hydrogen-bond acceptors (Lipinski definition) is 4. The van der Waals surface area contributed by atoms with Crippen molar-refractivity contribution in [2.45, 2.75) is 30.2 Å². The van der Waals surface area contributed by atoms with Gasteiger partial charge in [-0.2, -0.15) is 0 Å². The lowest BCUT2D eigenvalue weighted by molar-refractivity contribution is -0.109. The number of piperidine rings is 1. The predicted molar refractivity (Wildman–Crippen MR) is 78.4 cm³/mol. The normalized spacial score (nSPS) is 20.1. The van der Waals surface area contributed by atoms with Gasteiger partial charge in [0.15, 0.2) is 0 Å². The topological polar surface area (TPSA) is 57.7 Å². The van der Waals surface area contributed by atoms with Gasteiger partial charge in [0.1, 0.15) is 11.2 Å². The van der Waals surface area contributed by atoms with Crippen LogP contribution >= 0.6 is 0 Å². The van der Waals surface area contributed by atoms with Gasteiger partial charge in [-0.3, -0.25) is 0 Å².